The average molecular weight is 1090 g/mol. The topological polar surface area (TPSA) is 316 Å². The molecule has 1 aliphatic carbocycles. The molecule has 2 heterocycles. The fraction of sp³-hybridized carbons (Fsp3) is 0.453. The molecule has 78 heavy (non-hydrogen) atoms. The maximum absolute atomic E-state index is 14.7. The van der Waals surface area contributed by atoms with Gasteiger partial charge in [-0.3, -0.25) is 53.2 Å². The Balaban J connectivity index is 1.15. The van der Waals surface area contributed by atoms with Crippen molar-refractivity contribution in [2.75, 3.05) is 137 Å². The molecule has 1 unspecified atom stereocenters. The van der Waals surface area contributed by atoms with E-state index in [1.54, 1.807) is 13.0 Å². The van der Waals surface area contributed by atoms with Crippen LogP contribution in [0.25, 0.3) is 49.2 Å². The van der Waals surface area contributed by atoms with E-state index in [9.17, 15) is 58.5 Å². The number of ether oxygens (including phenoxy) is 7. The van der Waals surface area contributed by atoms with Crippen molar-refractivity contribution < 1.29 is 82.0 Å². The minimum absolute atomic E-state index is 0.00737. The molecule has 8 rings (SSSR count). The second-order valence-electron chi connectivity index (χ2n) is 18.7. The summed E-state index contributed by atoms with van der Waals surface area (Å²) in [5.41, 5.74) is -0.220. The van der Waals surface area contributed by atoms with Gasteiger partial charge in [-0.1, -0.05) is 11.6 Å². The van der Waals surface area contributed by atoms with Crippen molar-refractivity contribution >= 4 is 102 Å². The summed E-state index contributed by atoms with van der Waals surface area (Å²) >= 11 is 0. The Bertz CT molecular complexity index is 3330. The van der Waals surface area contributed by atoms with Gasteiger partial charge in [0.25, 0.3) is 0 Å². The van der Waals surface area contributed by atoms with Gasteiger partial charge in [0.2, 0.25) is 23.6 Å². The van der Waals surface area contributed by atoms with Crippen LogP contribution in [-0.4, -0.2) is 203 Å². The van der Waals surface area contributed by atoms with Crippen LogP contribution in [0.3, 0.4) is 0 Å². The summed E-state index contributed by atoms with van der Waals surface area (Å²) in [5, 5.41) is 41.5. The number of methoxy groups -OCH3 is 3. The Morgan fingerprint density at radius 3 is 1.50 bits per heavy atom. The van der Waals surface area contributed by atoms with E-state index >= 15 is 0 Å². The molecular weight excluding hydrogens is 1020 g/mol. The van der Waals surface area contributed by atoms with E-state index in [1.165, 1.54) is 34.3 Å². The standard InChI is InChI=1S/C53H60N6O19/c1-27-18-31-41-44-39(30(26-61)20-33(64)43(44)50(69)48(31)54-6-10-77-52(70)56-21-34(65)58(35(66)22-56)8-12-75-16-14-72-3)40-29(25-60)19-32(63)42-45(40)46(41)47(38(27)28(2)62)51(74-5)49(42)55-7-11-78-53(71)57-23-36(67)59(37(68)24-57)9-13-76-17-15-73-4/h18-20,38,54-55,60-61,69H,6-17,21-26H2,1-5H3. The monoisotopic (exact) mass is 1080 g/mol. The molecule has 25 heteroatoms. The van der Waals surface area contributed by atoms with E-state index in [0.29, 0.717) is 18.8 Å². The van der Waals surface area contributed by atoms with Gasteiger partial charge in [0, 0.05) is 54.6 Å². The first-order valence-corrected chi connectivity index (χ1v) is 25.0. The van der Waals surface area contributed by atoms with Crippen LogP contribution in [0.4, 0.5) is 21.0 Å². The van der Waals surface area contributed by atoms with E-state index in [4.69, 9.17) is 33.2 Å². The summed E-state index contributed by atoms with van der Waals surface area (Å²) in [6, 6.07) is 2.34. The van der Waals surface area contributed by atoms with Crippen LogP contribution in [0, 0.1) is 0 Å². The zero-order valence-corrected chi connectivity index (χ0v) is 43.7. The molecule has 1 atom stereocenters. The summed E-state index contributed by atoms with van der Waals surface area (Å²) in [4.78, 5) is 125. The van der Waals surface area contributed by atoms with Crippen molar-refractivity contribution in [2.45, 2.75) is 33.0 Å². The van der Waals surface area contributed by atoms with Crippen LogP contribution < -0.4 is 26.2 Å². The molecule has 5 aromatic carbocycles. The van der Waals surface area contributed by atoms with Crippen LogP contribution in [0.1, 0.15) is 42.0 Å². The molecule has 5 N–H and O–H groups in total. The third-order valence-corrected chi connectivity index (χ3v) is 13.9. The predicted octanol–water partition coefficient (Wildman–Crippen LogP) is 1.45. The zero-order valence-electron chi connectivity index (χ0n) is 43.7. The first-order valence-electron chi connectivity index (χ1n) is 25.0. The third kappa shape index (κ3) is 10.6. The van der Waals surface area contributed by atoms with Crippen LogP contribution in [0.5, 0.6) is 11.5 Å². The van der Waals surface area contributed by atoms with Crippen molar-refractivity contribution in [3.63, 3.8) is 0 Å². The lowest BCUT2D eigenvalue weighted by molar-refractivity contribution is -0.152. The molecule has 2 aliphatic heterocycles. The van der Waals surface area contributed by atoms with Crippen LogP contribution in [-0.2, 0) is 65.6 Å². The number of benzene rings is 5. The molecule has 25 nitrogen and oxygen atoms in total. The van der Waals surface area contributed by atoms with Gasteiger partial charge in [0.05, 0.1) is 101 Å². The molecule has 0 radical (unpaired) electrons. The number of anilines is 2. The molecule has 2 fully saturated rings. The van der Waals surface area contributed by atoms with Crippen molar-refractivity contribution in [2.24, 2.45) is 0 Å². The predicted molar refractivity (Wildman–Crippen MR) is 280 cm³/mol. The number of piperazine rings is 2. The number of nitrogens with zero attached hydrogens (tertiary/aromatic N) is 4. The number of aliphatic hydroxyl groups is 2. The number of imide groups is 2. The lowest BCUT2D eigenvalue weighted by atomic mass is 9.79. The van der Waals surface area contributed by atoms with E-state index < -0.39 is 97.7 Å². The molecule has 0 bridgehead atoms. The smallest absolute Gasteiger partial charge is 0.410 e. The number of hydrogen-bond acceptors (Lipinski definition) is 21. The number of carbonyl (C=O) groups is 7. The third-order valence-electron chi connectivity index (χ3n) is 13.9. The summed E-state index contributed by atoms with van der Waals surface area (Å²) in [6.07, 6.45) is -0.297. The molecule has 416 valence electrons. The number of amides is 6. The Labute approximate surface area is 444 Å². The first-order chi connectivity index (χ1) is 37.5. The minimum Gasteiger partial charge on any atom is -0.505 e. The van der Waals surface area contributed by atoms with Crippen LogP contribution >= 0.6 is 0 Å². The molecule has 3 aliphatic rings. The van der Waals surface area contributed by atoms with Gasteiger partial charge >= 0.3 is 12.2 Å². The van der Waals surface area contributed by atoms with Gasteiger partial charge in [-0.2, -0.15) is 0 Å². The fourth-order valence-corrected chi connectivity index (χ4v) is 10.5. The van der Waals surface area contributed by atoms with Gasteiger partial charge in [0.1, 0.15) is 50.9 Å². The second kappa shape index (κ2) is 24.2. The Hall–Kier alpha value is -7.81. The number of allylic oxidation sites excluding steroid dienone is 1. The van der Waals surface area contributed by atoms with E-state index in [2.05, 4.69) is 10.6 Å². The Kier molecular flexibility index (Phi) is 17.5. The SMILES string of the molecule is COCCOCCN1C(=O)CN(C(=O)OCCNc2c(O)c3c(=O)cc(CO)c4c5c(CO)cc(=O)c6c(NCCOC(=O)N7CC(=O)N(CCOCCOC)C(=O)C7)c(OC)c7c(c(c2C=C(C)C7C(C)=O)c34)c65)CC1=O. The number of aliphatic hydroxyl groups excluding tert-OH is 2. The Morgan fingerprint density at radius 1 is 0.590 bits per heavy atom. The van der Waals surface area contributed by atoms with E-state index in [1.807, 2.05) is 0 Å². The van der Waals surface area contributed by atoms with Crippen molar-refractivity contribution in [1.82, 2.24) is 19.6 Å². The normalized spacial score (nSPS) is 15.8. The van der Waals surface area contributed by atoms with Gasteiger partial charge in [-0.15, -0.1) is 0 Å². The number of Topliss-reactive ketones (excluding diaryl/α,β-unsaturated/α-hetero) is 1. The lowest BCUT2D eigenvalue weighted by Crippen LogP contribution is -2.56. The maximum Gasteiger partial charge on any atom is 0.410 e. The van der Waals surface area contributed by atoms with Gasteiger partial charge in [0.15, 0.2) is 16.6 Å². The number of phenolic OH excluding ortho intramolecular Hbond substituents is 1. The highest BCUT2D eigenvalue weighted by Gasteiger charge is 2.39. The highest BCUT2D eigenvalue weighted by atomic mass is 16.6. The van der Waals surface area contributed by atoms with Crippen LogP contribution in [0.15, 0.2) is 27.3 Å². The average Bonchev–Trinajstić information content (AvgIpc) is 3.68. The van der Waals surface area contributed by atoms with Crippen molar-refractivity contribution in [3.05, 3.63) is 60.4 Å². The molecular formula is C53H60N6O19. The van der Waals surface area contributed by atoms with E-state index in [0.717, 1.165) is 25.7 Å². The molecule has 0 saturated carbocycles. The molecule has 0 spiro atoms. The summed E-state index contributed by atoms with van der Waals surface area (Å²) in [6.45, 7) is 0.0612. The number of ketones is 1. The van der Waals surface area contributed by atoms with Gasteiger partial charge in [-0.25, -0.2) is 9.59 Å². The van der Waals surface area contributed by atoms with Crippen molar-refractivity contribution in [3.8, 4) is 11.5 Å². The Morgan fingerprint density at radius 2 is 1.05 bits per heavy atom. The highest BCUT2D eigenvalue weighted by molar-refractivity contribution is 6.39. The summed E-state index contributed by atoms with van der Waals surface area (Å²) < 4.78 is 37.8. The van der Waals surface area contributed by atoms with E-state index in [-0.39, 0.29) is 154 Å². The highest BCUT2D eigenvalue weighted by Crippen LogP contribution is 2.56. The quantitative estimate of drug-likeness (QED) is 0.0192. The lowest BCUT2D eigenvalue weighted by Gasteiger charge is -2.32. The largest absolute Gasteiger partial charge is 0.505 e. The number of rotatable bonds is 24. The number of phenols is 1. The first kappa shape index (κ1) is 56.4. The number of nitrogens with one attached hydrogen (secondary N) is 2. The zero-order chi connectivity index (χ0) is 56.1. The number of hydrogen-bond donors (Lipinski definition) is 5. The maximum atomic E-state index is 14.7. The summed E-state index contributed by atoms with van der Waals surface area (Å²) in [7, 11) is 4.34. The van der Waals surface area contributed by atoms with Crippen molar-refractivity contribution in [1.29, 1.82) is 0 Å². The second-order valence-corrected chi connectivity index (χ2v) is 18.7. The summed E-state index contributed by atoms with van der Waals surface area (Å²) in [5.74, 6) is -4.55. The van der Waals surface area contributed by atoms with Gasteiger partial charge in [-0.05, 0) is 53.3 Å². The van der Waals surface area contributed by atoms with Crippen LogP contribution in [0.2, 0.25) is 0 Å². The molecule has 6 amide bonds. The molecule has 2 saturated heterocycles. The number of fused-ring (bicyclic) bond motifs is 1. The molecule has 0 aromatic heterocycles. The molecule has 5 aromatic rings. The van der Waals surface area contributed by atoms with Gasteiger partial charge < -0.3 is 59.1 Å². The minimum atomic E-state index is -1.12. The number of aromatic hydroxyl groups is 1. The number of carbonyl (C=O) groups excluding carboxylic acids is 7. The fourth-order valence-electron chi connectivity index (χ4n) is 10.5.